The van der Waals surface area contributed by atoms with Crippen LogP contribution in [0.3, 0.4) is 0 Å². The third kappa shape index (κ3) is 2.83. The van der Waals surface area contributed by atoms with Crippen molar-refractivity contribution in [3.63, 3.8) is 0 Å². The molecule has 8 heteroatoms. The van der Waals surface area contributed by atoms with Crippen molar-refractivity contribution in [3.05, 3.63) is 70.8 Å². The highest BCUT2D eigenvalue weighted by molar-refractivity contribution is 5.77. The summed E-state index contributed by atoms with van der Waals surface area (Å²) in [4.78, 5) is 4.36. The minimum atomic E-state index is 0.574. The van der Waals surface area contributed by atoms with Crippen LogP contribution in [0.5, 0.6) is 0 Å². The molecule has 2 aliphatic rings. The van der Waals surface area contributed by atoms with Crippen LogP contribution < -0.4 is 9.80 Å². The summed E-state index contributed by atoms with van der Waals surface area (Å²) in [6.45, 7) is 3.20. The third-order valence-corrected chi connectivity index (χ3v) is 6.03. The molecule has 30 heavy (non-hydrogen) atoms. The summed E-state index contributed by atoms with van der Waals surface area (Å²) in [5.41, 5.74) is 6.49. The molecule has 0 unspecified atom stereocenters. The lowest BCUT2D eigenvalue weighted by molar-refractivity contribution is 0.303. The summed E-state index contributed by atoms with van der Waals surface area (Å²) in [5, 5.41) is 16.8. The van der Waals surface area contributed by atoms with Gasteiger partial charge in [0.2, 0.25) is 11.6 Å². The zero-order valence-electron chi connectivity index (χ0n) is 16.4. The van der Waals surface area contributed by atoms with E-state index in [4.69, 9.17) is 9.26 Å². The molecule has 6 rings (SSSR count). The topological polar surface area (TPSA) is 84.3 Å². The number of benzene rings is 2. The standard InChI is InChI=1S/C22H20N6O2/c1-3-7-17-13-27(11-9-15(17)5-1)21-19(23-29-25-21)20-22(26-30-24-20)28-12-10-16-6-2-4-8-18(16)14-28/h1-8H,9-14H2. The van der Waals surface area contributed by atoms with E-state index in [0.717, 1.165) is 39.0 Å². The first-order valence-corrected chi connectivity index (χ1v) is 10.2. The second kappa shape index (κ2) is 6.98. The van der Waals surface area contributed by atoms with Crippen molar-refractivity contribution >= 4 is 11.6 Å². The van der Waals surface area contributed by atoms with Gasteiger partial charge in [0.05, 0.1) is 0 Å². The van der Waals surface area contributed by atoms with Gasteiger partial charge < -0.3 is 9.80 Å². The van der Waals surface area contributed by atoms with Gasteiger partial charge >= 0.3 is 0 Å². The van der Waals surface area contributed by atoms with E-state index < -0.39 is 0 Å². The Balaban J connectivity index is 1.32. The van der Waals surface area contributed by atoms with Gasteiger partial charge in [-0.2, -0.15) is 0 Å². The Morgan fingerprint density at radius 2 is 1.00 bits per heavy atom. The Hall–Kier alpha value is -3.68. The molecule has 0 saturated heterocycles. The Morgan fingerprint density at radius 1 is 0.567 bits per heavy atom. The van der Waals surface area contributed by atoms with E-state index in [1.54, 1.807) is 0 Å². The van der Waals surface area contributed by atoms with E-state index in [1.165, 1.54) is 22.3 Å². The molecule has 0 spiro atoms. The molecule has 8 nitrogen and oxygen atoms in total. The average molecular weight is 400 g/mol. The molecule has 2 aromatic carbocycles. The van der Waals surface area contributed by atoms with Crippen molar-refractivity contribution in [2.24, 2.45) is 0 Å². The Labute approximate surface area is 173 Å². The lowest BCUT2D eigenvalue weighted by Gasteiger charge is -2.29. The average Bonchev–Trinajstić information content (AvgIpc) is 3.48. The van der Waals surface area contributed by atoms with Crippen LogP contribution in [0.15, 0.2) is 57.8 Å². The molecule has 0 fully saturated rings. The predicted octanol–water partition coefficient (Wildman–Crippen LogP) is 3.25. The van der Waals surface area contributed by atoms with E-state index in [1.807, 2.05) is 0 Å². The lowest BCUT2D eigenvalue weighted by Crippen LogP contribution is -2.32. The summed E-state index contributed by atoms with van der Waals surface area (Å²) < 4.78 is 10.3. The van der Waals surface area contributed by atoms with E-state index >= 15 is 0 Å². The van der Waals surface area contributed by atoms with E-state index in [9.17, 15) is 0 Å². The minimum absolute atomic E-state index is 0.574. The van der Waals surface area contributed by atoms with Crippen LogP contribution in [0.4, 0.5) is 11.6 Å². The molecule has 150 valence electrons. The first kappa shape index (κ1) is 17.2. The highest BCUT2D eigenvalue weighted by atomic mass is 16.6. The molecule has 0 radical (unpaired) electrons. The molecular formula is C22H20N6O2. The monoisotopic (exact) mass is 400 g/mol. The van der Waals surface area contributed by atoms with Crippen molar-refractivity contribution in [1.29, 1.82) is 0 Å². The summed E-state index contributed by atoms with van der Waals surface area (Å²) in [6, 6.07) is 17.0. The molecule has 0 atom stereocenters. The van der Waals surface area contributed by atoms with E-state index in [0.29, 0.717) is 23.0 Å². The van der Waals surface area contributed by atoms with Gasteiger partial charge in [0, 0.05) is 26.2 Å². The fourth-order valence-electron chi connectivity index (χ4n) is 4.43. The number of fused-ring (bicyclic) bond motifs is 2. The van der Waals surface area contributed by atoms with Crippen molar-refractivity contribution in [2.45, 2.75) is 25.9 Å². The van der Waals surface area contributed by atoms with Crippen LogP contribution in [0.2, 0.25) is 0 Å². The smallest absolute Gasteiger partial charge is 0.203 e. The number of nitrogens with zero attached hydrogens (tertiary/aromatic N) is 6. The highest BCUT2D eigenvalue weighted by Crippen LogP contribution is 2.36. The first-order valence-electron chi connectivity index (χ1n) is 10.2. The van der Waals surface area contributed by atoms with Crippen LogP contribution in [-0.4, -0.2) is 33.7 Å². The van der Waals surface area contributed by atoms with Gasteiger partial charge in [-0.3, -0.25) is 0 Å². The highest BCUT2D eigenvalue weighted by Gasteiger charge is 2.30. The molecule has 0 bridgehead atoms. The SMILES string of the molecule is c1ccc2c(c1)CCN(c1nonc1-c1nonc1N1CCc3ccccc3C1)C2. The summed E-state index contributed by atoms with van der Waals surface area (Å²) in [7, 11) is 0. The molecule has 2 aromatic heterocycles. The minimum Gasteiger partial charge on any atom is -0.347 e. The second-order valence-electron chi connectivity index (χ2n) is 7.75. The maximum Gasteiger partial charge on any atom is 0.203 e. The van der Waals surface area contributed by atoms with Crippen LogP contribution >= 0.6 is 0 Å². The Bertz CT molecular complexity index is 1110. The molecule has 2 aliphatic heterocycles. The number of rotatable bonds is 3. The fraction of sp³-hybridized carbons (Fsp3) is 0.273. The van der Waals surface area contributed by atoms with Gasteiger partial charge in [-0.25, -0.2) is 9.26 Å². The molecule has 4 heterocycles. The van der Waals surface area contributed by atoms with Gasteiger partial charge in [0.1, 0.15) is 0 Å². The van der Waals surface area contributed by atoms with Crippen molar-refractivity contribution < 1.29 is 9.26 Å². The van der Waals surface area contributed by atoms with Gasteiger partial charge in [-0.05, 0) is 55.7 Å². The molecule has 0 saturated carbocycles. The van der Waals surface area contributed by atoms with E-state index in [-0.39, 0.29) is 0 Å². The maximum absolute atomic E-state index is 5.14. The number of hydrogen-bond donors (Lipinski definition) is 0. The molecule has 0 aliphatic carbocycles. The van der Waals surface area contributed by atoms with Gasteiger partial charge in [-0.1, -0.05) is 48.5 Å². The Kier molecular flexibility index (Phi) is 4.00. The zero-order valence-corrected chi connectivity index (χ0v) is 16.4. The molecule has 4 aromatic rings. The van der Waals surface area contributed by atoms with Crippen LogP contribution in [0.1, 0.15) is 22.3 Å². The Morgan fingerprint density at radius 3 is 1.47 bits per heavy atom. The normalized spacial score (nSPS) is 15.7. The van der Waals surface area contributed by atoms with Gasteiger partial charge in [0.15, 0.2) is 11.4 Å². The van der Waals surface area contributed by atoms with Crippen molar-refractivity contribution in [2.75, 3.05) is 22.9 Å². The van der Waals surface area contributed by atoms with Gasteiger partial charge in [0.25, 0.3) is 0 Å². The third-order valence-electron chi connectivity index (χ3n) is 6.03. The second-order valence-corrected chi connectivity index (χ2v) is 7.75. The zero-order chi connectivity index (χ0) is 19.9. The number of anilines is 2. The maximum atomic E-state index is 5.14. The van der Waals surface area contributed by atoms with Crippen LogP contribution in [0, 0.1) is 0 Å². The molecule has 0 N–H and O–H groups in total. The number of aromatic nitrogens is 4. The van der Waals surface area contributed by atoms with Crippen LogP contribution in [-0.2, 0) is 25.9 Å². The molecule has 0 amide bonds. The summed E-state index contributed by atoms with van der Waals surface area (Å²) in [6.07, 6.45) is 1.91. The molecular weight excluding hydrogens is 380 g/mol. The lowest BCUT2D eigenvalue weighted by atomic mass is 9.99. The van der Waals surface area contributed by atoms with Gasteiger partial charge in [-0.15, -0.1) is 0 Å². The summed E-state index contributed by atoms with van der Waals surface area (Å²) >= 11 is 0. The van der Waals surface area contributed by atoms with E-state index in [2.05, 4.69) is 79.0 Å². The fourth-order valence-corrected chi connectivity index (χ4v) is 4.43. The van der Waals surface area contributed by atoms with Crippen LogP contribution in [0.25, 0.3) is 11.4 Å². The quantitative estimate of drug-likeness (QED) is 0.518. The summed E-state index contributed by atoms with van der Waals surface area (Å²) in [5.74, 6) is 1.36. The first-order chi connectivity index (χ1) is 14.9. The largest absolute Gasteiger partial charge is 0.347 e. The number of hydrogen-bond acceptors (Lipinski definition) is 8. The van der Waals surface area contributed by atoms with Crippen molar-refractivity contribution in [1.82, 2.24) is 20.6 Å². The predicted molar refractivity (Wildman–Crippen MR) is 110 cm³/mol. The van der Waals surface area contributed by atoms with Crippen molar-refractivity contribution in [3.8, 4) is 11.4 Å².